The molecule has 0 saturated heterocycles. The van der Waals surface area contributed by atoms with Crippen LogP contribution in [0.5, 0.6) is 0 Å². The van der Waals surface area contributed by atoms with Gasteiger partial charge in [-0.3, -0.25) is 37.3 Å². The first-order valence-corrected chi connectivity index (χ1v) is 44.5. The summed E-state index contributed by atoms with van der Waals surface area (Å²) in [5, 5.41) is 10.6. The summed E-state index contributed by atoms with van der Waals surface area (Å²) in [5.74, 6) is -0.499. The molecule has 3 N–H and O–H groups in total. The molecule has 0 heterocycles. The molecular formula is C80H156O17P2. The van der Waals surface area contributed by atoms with E-state index in [1.165, 1.54) is 238 Å². The standard InChI is InChI=1S/C80H156O17P2/c1-7-9-11-13-15-17-19-33-40-46-52-58-64-79(84)96-75(68-90-77(82)62-56-50-44-38-30-18-16-14-12-10-8-2)70-94-98(86,87)92-66-74(81)67-93-99(88,89)95-71-76(97-80(85)65-59-53-47-41-35-29-25-21-23-27-32-37-43-49-55-61-73(5)6)69-91-78(83)63-57-51-45-39-34-28-24-20-22-26-31-36-42-48-54-60-72(3)4/h72-76,81H,7-71H2,1-6H3,(H,86,87)(H,88,89)/t74-,75+,76+/m0/s1. The number of aliphatic hydroxyl groups is 1. The second-order valence-corrected chi connectivity index (χ2v) is 32.7. The van der Waals surface area contributed by atoms with Gasteiger partial charge in [0.1, 0.15) is 19.3 Å². The number of aliphatic hydroxyl groups excluding tert-OH is 1. The monoisotopic (exact) mass is 1450 g/mol. The Morgan fingerprint density at radius 2 is 0.465 bits per heavy atom. The number of carbonyl (C=O) groups is 4. The smallest absolute Gasteiger partial charge is 0.462 e. The van der Waals surface area contributed by atoms with Crippen molar-refractivity contribution < 1.29 is 80.2 Å². The first-order valence-electron chi connectivity index (χ1n) is 41.5. The van der Waals surface area contributed by atoms with Crippen molar-refractivity contribution in [3.05, 3.63) is 0 Å². The molecule has 0 aromatic heterocycles. The average molecular weight is 1450 g/mol. The first-order chi connectivity index (χ1) is 47.9. The van der Waals surface area contributed by atoms with Crippen molar-refractivity contribution in [3.63, 3.8) is 0 Å². The van der Waals surface area contributed by atoms with E-state index in [-0.39, 0.29) is 25.7 Å². The number of hydrogen-bond acceptors (Lipinski definition) is 15. The number of carbonyl (C=O) groups excluding carboxylic acids is 4. The van der Waals surface area contributed by atoms with E-state index in [9.17, 15) is 43.2 Å². The van der Waals surface area contributed by atoms with Gasteiger partial charge in [0.25, 0.3) is 0 Å². The number of phosphoric acid groups is 2. The maximum Gasteiger partial charge on any atom is 0.472 e. The maximum absolute atomic E-state index is 13.1. The fraction of sp³-hybridized carbons (Fsp3) is 0.950. The lowest BCUT2D eigenvalue weighted by molar-refractivity contribution is -0.161. The molecule has 0 aromatic carbocycles. The van der Waals surface area contributed by atoms with Crippen LogP contribution in [0.3, 0.4) is 0 Å². The van der Waals surface area contributed by atoms with E-state index in [0.717, 1.165) is 102 Å². The van der Waals surface area contributed by atoms with Crippen LogP contribution in [-0.4, -0.2) is 96.7 Å². The highest BCUT2D eigenvalue weighted by molar-refractivity contribution is 7.47. The SMILES string of the molecule is CCCCCCCCCCCCCCC(=O)O[C@H](COC(=O)CCCCCCCCCCCCC)COP(=O)(O)OC[C@H](O)COP(=O)(O)OC[C@@H](COC(=O)CCCCCCCCCCCCCCCCCC(C)C)OC(=O)CCCCCCCCCCCCCCCCCC(C)C. The van der Waals surface area contributed by atoms with Crippen molar-refractivity contribution in [3.8, 4) is 0 Å². The summed E-state index contributed by atoms with van der Waals surface area (Å²) in [7, 11) is -9.92. The van der Waals surface area contributed by atoms with Crippen LogP contribution in [0, 0.1) is 11.8 Å². The second-order valence-electron chi connectivity index (χ2n) is 29.8. The molecule has 99 heavy (non-hydrogen) atoms. The van der Waals surface area contributed by atoms with E-state index in [0.29, 0.717) is 25.7 Å². The topological polar surface area (TPSA) is 237 Å². The average Bonchev–Trinajstić information content (AvgIpc) is 1.01. The molecule has 0 saturated carbocycles. The van der Waals surface area contributed by atoms with E-state index >= 15 is 0 Å². The molecule has 0 radical (unpaired) electrons. The molecule has 588 valence electrons. The lowest BCUT2D eigenvalue weighted by Gasteiger charge is -2.21. The molecule has 0 spiro atoms. The van der Waals surface area contributed by atoms with Crippen LogP contribution < -0.4 is 0 Å². The van der Waals surface area contributed by atoms with Crippen LogP contribution in [0.1, 0.15) is 420 Å². The molecule has 19 heteroatoms. The van der Waals surface area contributed by atoms with Gasteiger partial charge in [-0.05, 0) is 37.5 Å². The van der Waals surface area contributed by atoms with Gasteiger partial charge in [-0.15, -0.1) is 0 Å². The van der Waals surface area contributed by atoms with E-state index in [2.05, 4.69) is 41.5 Å². The summed E-state index contributed by atoms with van der Waals surface area (Å²) < 4.78 is 68.7. The van der Waals surface area contributed by atoms with Crippen LogP contribution in [-0.2, 0) is 65.4 Å². The predicted octanol–water partition coefficient (Wildman–Crippen LogP) is 23.9. The van der Waals surface area contributed by atoms with E-state index in [1.54, 1.807) is 0 Å². The van der Waals surface area contributed by atoms with Crippen LogP contribution in [0.2, 0.25) is 0 Å². The third kappa shape index (κ3) is 74.1. The number of esters is 4. The number of unbranched alkanes of at least 4 members (excludes halogenated alkanes) is 49. The molecule has 0 bridgehead atoms. The Morgan fingerprint density at radius 3 is 0.687 bits per heavy atom. The zero-order chi connectivity index (χ0) is 72.8. The fourth-order valence-electron chi connectivity index (χ4n) is 12.4. The lowest BCUT2D eigenvalue weighted by Crippen LogP contribution is -2.30. The van der Waals surface area contributed by atoms with Crippen LogP contribution in [0.15, 0.2) is 0 Å². The highest BCUT2D eigenvalue weighted by atomic mass is 31.2. The zero-order valence-corrected chi connectivity index (χ0v) is 66.6. The van der Waals surface area contributed by atoms with Gasteiger partial charge >= 0.3 is 39.5 Å². The Kier molecular flexibility index (Phi) is 70.3. The molecule has 0 amide bonds. The summed E-state index contributed by atoms with van der Waals surface area (Å²) >= 11 is 0. The maximum atomic E-state index is 13.1. The Hall–Kier alpha value is -1.94. The van der Waals surface area contributed by atoms with Crippen molar-refractivity contribution in [2.75, 3.05) is 39.6 Å². The second kappa shape index (κ2) is 71.7. The minimum Gasteiger partial charge on any atom is -0.462 e. The van der Waals surface area contributed by atoms with Gasteiger partial charge in [-0.2, -0.15) is 0 Å². The summed E-state index contributed by atoms with van der Waals surface area (Å²) in [6, 6.07) is 0. The van der Waals surface area contributed by atoms with Gasteiger partial charge < -0.3 is 33.8 Å². The lowest BCUT2D eigenvalue weighted by atomic mass is 10.0. The Labute approximate surface area is 607 Å². The van der Waals surface area contributed by atoms with E-state index in [4.69, 9.17) is 37.0 Å². The van der Waals surface area contributed by atoms with Gasteiger partial charge in [-0.25, -0.2) is 9.13 Å². The minimum atomic E-state index is -4.96. The zero-order valence-electron chi connectivity index (χ0n) is 64.8. The first kappa shape index (κ1) is 97.1. The Morgan fingerprint density at radius 1 is 0.273 bits per heavy atom. The molecule has 5 atom stereocenters. The van der Waals surface area contributed by atoms with Crippen molar-refractivity contribution in [1.29, 1.82) is 0 Å². The third-order valence-electron chi connectivity index (χ3n) is 18.7. The van der Waals surface area contributed by atoms with Crippen LogP contribution in [0.4, 0.5) is 0 Å². The quantitative estimate of drug-likeness (QED) is 0.0222. The van der Waals surface area contributed by atoms with Gasteiger partial charge in [0.05, 0.1) is 26.4 Å². The summed E-state index contributed by atoms with van der Waals surface area (Å²) in [4.78, 5) is 73.0. The summed E-state index contributed by atoms with van der Waals surface area (Å²) in [5.41, 5.74) is 0. The van der Waals surface area contributed by atoms with Gasteiger partial charge in [0, 0.05) is 25.7 Å². The molecule has 0 aliphatic rings. The number of phosphoric ester groups is 2. The minimum absolute atomic E-state index is 0.108. The molecule has 2 unspecified atom stereocenters. The normalized spacial score (nSPS) is 13.9. The molecule has 0 fully saturated rings. The molecule has 0 aliphatic carbocycles. The summed E-state index contributed by atoms with van der Waals surface area (Å²) in [6.45, 7) is 9.68. The Bertz CT molecular complexity index is 1910. The highest BCUT2D eigenvalue weighted by Gasteiger charge is 2.30. The van der Waals surface area contributed by atoms with E-state index < -0.39 is 97.5 Å². The molecule has 0 rings (SSSR count). The van der Waals surface area contributed by atoms with Crippen molar-refractivity contribution in [2.24, 2.45) is 11.8 Å². The largest absolute Gasteiger partial charge is 0.472 e. The fourth-order valence-corrected chi connectivity index (χ4v) is 13.9. The number of rotatable bonds is 79. The number of hydrogen-bond donors (Lipinski definition) is 3. The third-order valence-corrected chi connectivity index (χ3v) is 20.6. The van der Waals surface area contributed by atoms with Crippen molar-refractivity contribution in [1.82, 2.24) is 0 Å². The van der Waals surface area contributed by atoms with Crippen molar-refractivity contribution in [2.45, 2.75) is 439 Å². The van der Waals surface area contributed by atoms with Crippen LogP contribution >= 0.6 is 15.6 Å². The predicted molar refractivity (Wildman–Crippen MR) is 405 cm³/mol. The molecule has 0 aromatic rings. The highest BCUT2D eigenvalue weighted by Crippen LogP contribution is 2.45. The van der Waals surface area contributed by atoms with Crippen molar-refractivity contribution >= 4 is 39.5 Å². The van der Waals surface area contributed by atoms with Crippen LogP contribution in [0.25, 0.3) is 0 Å². The molecular weight excluding hydrogens is 1290 g/mol. The van der Waals surface area contributed by atoms with Gasteiger partial charge in [-0.1, -0.05) is 369 Å². The van der Waals surface area contributed by atoms with Gasteiger partial charge in [0.15, 0.2) is 12.2 Å². The number of ether oxygens (including phenoxy) is 4. The van der Waals surface area contributed by atoms with E-state index in [1.807, 2.05) is 0 Å². The van der Waals surface area contributed by atoms with Gasteiger partial charge in [0.2, 0.25) is 0 Å². The molecule has 17 nitrogen and oxygen atoms in total. The Balaban J connectivity index is 5.24. The molecule has 0 aliphatic heterocycles. The summed E-state index contributed by atoms with van der Waals surface area (Å²) in [6.07, 6.45) is 60.9.